The third kappa shape index (κ3) is 4.19. The number of nitrogens with two attached hydrogens (primary N) is 1. The first-order valence-electron chi connectivity index (χ1n) is 5.81. The molecule has 0 aliphatic carbocycles. The zero-order chi connectivity index (χ0) is 15.5. The van der Waals surface area contributed by atoms with Crippen molar-refractivity contribution in [1.82, 2.24) is 0 Å². The van der Waals surface area contributed by atoms with Crippen LogP contribution in [0.2, 0.25) is 5.02 Å². The maximum absolute atomic E-state index is 11.9. The van der Waals surface area contributed by atoms with Crippen LogP contribution in [0.15, 0.2) is 53.4 Å². The normalized spacial score (nSPS) is 11.0. The van der Waals surface area contributed by atoms with Crippen LogP contribution in [-0.2, 0) is 10.0 Å². The maximum atomic E-state index is 11.9. The van der Waals surface area contributed by atoms with Gasteiger partial charge in [-0.1, -0.05) is 23.7 Å². The second kappa shape index (κ2) is 6.13. The third-order valence-electron chi connectivity index (χ3n) is 2.54. The number of primary sulfonamides is 1. The molecule has 21 heavy (non-hydrogen) atoms. The average molecular weight is 326 g/mol. The number of carbonyl (C=O) groups is 1. The summed E-state index contributed by atoms with van der Waals surface area (Å²) in [5, 5.41) is 10.6. The van der Waals surface area contributed by atoms with Crippen LogP contribution >= 0.6 is 11.6 Å². The predicted molar refractivity (Wildman–Crippen MR) is 81.9 cm³/mol. The lowest BCUT2D eigenvalue weighted by Gasteiger charge is -2.10. The van der Waals surface area contributed by atoms with Crippen molar-refractivity contribution < 1.29 is 13.2 Å². The molecule has 0 saturated carbocycles. The number of urea groups is 1. The Morgan fingerprint density at radius 2 is 1.62 bits per heavy atom. The van der Waals surface area contributed by atoms with Gasteiger partial charge in [0.15, 0.2) is 0 Å². The van der Waals surface area contributed by atoms with Gasteiger partial charge in [0.2, 0.25) is 10.0 Å². The lowest BCUT2D eigenvalue weighted by molar-refractivity contribution is 0.262. The number of nitrogens with one attached hydrogen (secondary N) is 2. The number of amides is 2. The fraction of sp³-hybridized carbons (Fsp3) is 0. The van der Waals surface area contributed by atoms with Gasteiger partial charge in [-0.2, -0.15) is 0 Å². The molecule has 0 saturated heterocycles. The molecule has 0 atom stereocenters. The molecule has 8 heteroatoms. The molecule has 0 aromatic heterocycles. The van der Waals surface area contributed by atoms with Gasteiger partial charge in [-0.05, 0) is 36.4 Å². The Morgan fingerprint density at radius 1 is 1.00 bits per heavy atom. The monoisotopic (exact) mass is 325 g/mol. The van der Waals surface area contributed by atoms with E-state index in [4.69, 9.17) is 16.7 Å². The van der Waals surface area contributed by atoms with Crippen molar-refractivity contribution >= 4 is 39.0 Å². The van der Waals surface area contributed by atoms with Gasteiger partial charge in [0.05, 0.1) is 5.69 Å². The van der Waals surface area contributed by atoms with Crippen LogP contribution in [0.1, 0.15) is 0 Å². The number of anilines is 2. The summed E-state index contributed by atoms with van der Waals surface area (Å²) in [6.07, 6.45) is 0. The van der Waals surface area contributed by atoms with Gasteiger partial charge >= 0.3 is 6.03 Å². The Balaban J connectivity index is 2.15. The molecular formula is C13H12ClN3O3S. The largest absolute Gasteiger partial charge is 0.323 e. The minimum Gasteiger partial charge on any atom is -0.308 e. The minimum absolute atomic E-state index is 0.103. The second-order valence-electron chi connectivity index (χ2n) is 4.13. The molecular weight excluding hydrogens is 314 g/mol. The summed E-state index contributed by atoms with van der Waals surface area (Å²) in [5.74, 6) is 0. The Morgan fingerprint density at radius 3 is 2.24 bits per heavy atom. The van der Waals surface area contributed by atoms with Crippen molar-refractivity contribution in [3.63, 3.8) is 0 Å². The van der Waals surface area contributed by atoms with Crippen molar-refractivity contribution in [1.29, 1.82) is 0 Å². The van der Waals surface area contributed by atoms with Gasteiger partial charge in [0, 0.05) is 10.7 Å². The smallest absolute Gasteiger partial charge is 0.308 e. The molecule has 6 nitrogen and oxygen atoms in total. The lowest BCUT2D eigenvalue weighted by atomic mass is 10.3. The molecule has 2 amide bonds. The standard InChI is InChI=1S/C13H12ClN3O3S/c14-9-5-7-10(8-6-9)16-13(18)17-11-3-1-2-4-12(11)21(15,19)20/h1-8H,(H2,15,19,20)(H2,16,17,18). The summed E-state index contributed by atoms with van der Waals surface area (Å²) in [5.41, 5.74) is 0.622. The van der Waals surface area contributed by atoms with Crippen LogP contribution in [0, 0.1) is 0 Å². The molecule has 2 aromatic carbocycles. The molecule has 0 bridgehead atoms. The average Bonchev–Trinajstić information content (AvgIpc) is 2.41. The Bertz CT molecular complexity index is 760. The Kier molecular flexibility index (Phi) is 4.46. The van der Waals surface area contributed by atoms with Crippen LogP contribution < -0.4 is 15.8 Å². The molecule has 0 unspecified atom stereocenters. The van der Waals surface area contributed by atoms with E-state index in [2.05, 4.69) is 10.6 Å². The Labute approximate surface area is 127 Å². The fourth-order valence-corrected chi connectivity index (χ4v) is 2.46. The first kappa shape index (κ1) is 15.3. The van der Waals surface area contributed by atoms with Crippen LogP contribution in [0.5, 0.6) is 0 Å². The number of carbonyl (C=O) groups excluding carboxylic acids is 1. The summed E-state index contributed by atoms with van der Waals surface area (Å²) in [6, 6.07) is 11.8. The van der Waals surface area contributed by atoms with E-state index in [1.807, 2.05) is 0 Å². The molecule has 0 heterocycles. The van der Waals surface area contributed by atoms with Crippen LogP contribution in [0.3, 0.4) is 0 Å². The summed E-state index contributed by atoms with van der Waals surface area (Å²) in [4.78, 5) is 11.7. The molecule has 2 rings (SSSR count). The zero-order valence-electron chi connectivity index (χ0n) is 10.7. The fourth-order valence-electron chi connectivity index (χ4n) is 1.64. The highest BCUT2D eigenvalue weighted by molar-refractivity contribution is 7.89. The van der Waals surface area contributed by atoms with Crippen LogP contribution in [0.4, 0.5) is 16.2 Å². The summed E-state index contributed by atoms with van der Waals surface area (Å²) < 4.78 is 22.8. The molecule has 0 spiro atoms. The second-order valence-corrected chi connectivity index (χ2v) is 6.09. The number of benzene rings is 2. The molecule has 0 fully saturated rings. The van der Waals surface area contributed by atoms with Gasteiger partial charge < -0.3 is 10.6 Å². The highest BCUT2D eigenvalue weighted by Gasteiger charge is 2.14. The first-order chi connectivity index (χ1) is 9.86. The molecule has 0 radical (unpaired) electrons. The van der Waals surface area contributed by atoms with E-state index in [0.29, 0.717) is 10.7 Å². The molecule has 0 aliphatic rings. The quantitative estimate of drug-likeness (QED) is 0.808. The van der Waals surface area contributed by atoms with Crippen molar-refractivity contribution in [2.45, 2.75) is 4.90 Å². The van der Waals surface area contributed by atoms with Gasteiger partial charge in [0.1, 0.15) is 4.90 Å². The minimum atomic E-state index is -3.92. The van der Waals surface area contributed by atoms with E-state index in [0.717, 1.165) is 0 Å². The summed E-state index contributed by atoms with van der Waals surface area (Å²) in [7, 11) is -3.92. The van der Waals surface area contributed by atoms with Crippen LogP contribution in [-0.4, -0.2) is 14.4 Å². The van der Waals surface area contributed by atoms with E-state index in [1.165, 1.54) is 18.2 Å². The molecule has 2 aromatic rings. The van der Waals surface area contributed by atoms with E-state index >= 15 is 0 Å². The van der Waals surface area contributed by atoms with E-state index in [9.17, 15) is 13.2 Å². The molecule has 110 valence electrons. The van der Waals surface area contributed by atoms with Gasteiger partial charge in [0.25, 0.3) is 0 Å². The topological polar surface area (TPSA) is 101 Å². The van der Waals surface area contributed by atoms with E-state index < -0.39 is 16.1 Å². The predicted octanol–water partition coefficient (Wildman–Crippen LogP) is 2.63. The molecule has 4 N–H and O–H groups in total. The number of hydrogen-bond acceptors (Lipinski definition) is 3. The SMILES string of the molecule is NS(=O)(=O)c1ccccc1NC(=O)Nc1ccc(Cl)cc1. The van der Waals surface area contributed by atoms with Gasteiger partial charge in [-0.15, -0.1) is 0 Å². The lowest BCUT2D eigenvalue weighted by Crippen LogP contribution is -2.22. The van der Waals surface area contributed by atoms with Crippen molar-refractivity contribution in [3.05, 3.63) is 53.6 Å². The highest BCUT2D eigenvalue weighted by atomic mass is 35.5. The number of rotatable bonds is 3. The number of sulfonamides is 1. The van der Waals surface area contributed by atoms with Crippen molar-refractivity contribution in [3.8, 4) is 0 Å². The number of halogens is 1. The third-order valence-corrected chi connectivity index (χ3v) is 3.76. The zero-order valence-corrected chi connectivity index (χ0v) is 12.3. The summed E-state index contributed by atoms with van der Waals surface area (Å²) >= 11 is 5.74. The van der Waals surface area contributed by atoms with E-state index in [-0.39, 0.29) is 10.6 Å². The highest BCUT2D eigenvalue weighted by Crippen LogP contribution is 2.20. The molecule has 0 aliphatic heterocycles. The Hall–Kier alpha value is -2.09. The maximum Gasteiger partial charge on any atom is 0.323 e. The van der Waals surface area contributed by atoms with Gasteiger partial charge in [-0.3, -0.25) is 0 Å². The van der Waals surface area contributed by atoms with Crippen LogP contribution in [0.25, 0.3) is 0 Å². The first-order valence-corrected chi connectivity index (χ1v) is 7.74. The van der Waals surface area contributed by atoms with Crippen molar-refractivity contribution in [2.24, 2.45) is 5.14 Å². The number of hydrogen-bond donors (Lipinski definition) is 3. The summed E-state index contributed by atoms with van der Waals surface area (Å²) in [6.45, 7) is 0. The van der Waals surface area contributed by atoms with E-state index in [1.54, 1.807) is 30.3 Å². The van der Waals surface area contributed by atoms with Crippen molar-refractivity contribution in [2.75, 3.05) is 10.6 Å². The van der Waals surface area contributed by atoms with Gasteiger partial charge in [-0.25, -0.2) is 18.4 Å². The number of para-hydroxylation sites is 1.